The van der Waals surface area contributed by atoms with Gasteiger partial charge in [0.25, 0.3) is 0 Å². The molecule has 1 amide bonds. The van der Waals surface area contributed by atoms with Crippen LogP contribution < -0.4 is 5.32 Å². The Kier molecular flexibility index (Phi) is 5.41. The van der Waals surface area contributed by atoms with E-state index in [4.69, 9.17) is 9.84 Å². The summed E-state index contributed by atoms with van der Waals surface area (Å²) in [6.07, 6.45) is 2.24. The van der Waals surface area contributed by atoms with Crippen LogP contribution in [-0.4, -0.2) is 37.2 Å². The third kappa shape index (κ3) is 3.70. The molecule has 5 heteroatoms. The molecule has 0 aliphatic heterocycles. The normalized spacial score (nSPS) is 28.0. The van der Waals surface area contributed by atoms with E-state index in [-0.39, 0.29) is 11.8 Å². The Morgan fingerprint density at radius 2 is 2.00 bits per heavy atom. The van der Waals surface area contributed by atoms with Crippen molar-refractivity contribution in [2.45, 2.75) is 26.2 Å². The van der Waals surface area contributed by atoms with E-state index in [1.807, 2.05) is 6.92 Å². The van der Waals surface area contributed by atoms with Gasteiger partial charge in [0.15, 0.2) is 0 Å². The summed E-state index contributed by atoms with van der Waals surface area (Å²) in [7, 11) is 1.56. The Morgan fingerprint density at radius 1 is 1.35 bits per heavy atom. The van der Waals surface area contributed by atoms with Crippen molar-refractivity contribution in [3.63, 3.8) is 0 Å². The minimum absolute atomic E-state index is 0.148. The average molecular weight is 243 g/mol. The Labute approximate surface area is 102 Å². The van der Waals surface area contributed by atoms with E-state index in [0.29, 0.717) is 31.9 Å². The number of hydrogen-bond acceptors (Lipinski definition) is 3. The first-order valence-electron chi connectivity index (χ1n) is 6.09. The van der Waals surface area contributed by atoms with Crippen LogP contribution in [0.15, 0.2) is 0 Å². The lowest BCUT2D eigenvalue weighted by atomic mass is 9.95. The van der Waals surface area contributed by atoms with Gasteiger partial charge in [-0.1, -0.05) is 13.3 Å². The zero-order valence-corrected chi connectivity index (χ0v) is 10.4. The number of carboxylic acids is 1. The highest BCUT2D eigenvalue weighted by atomic mass is 16.5. The summed E-state index contributed by atoms with van der Waals surface area (Å²) in [6, 6.07) is 0. The molecule has 17 heavy (non-hydrogen) atoms. The van der Waals surface area contributed by atoms with Crippen molar-refractivity contribution < 1.29 is 19.4 Å². The number of carbonyl (C=O) groups excluding carboxylic acids is 1. The predicted molar refractivity (Wildman–Crippen MR) is 62.5 cm³/mol. The summed E-state index contributed by atoms with van der Waals surface area (Å²) in [5.74, 6) is -1.55. The van der Waals surface area contributed by atoms with E-state index in [1.165, 1.54) is 0 Å². The molecule has 1 rings (SSSR count). The Bertz CT molecular complexity index is 280. The molecule has 1 unspecified atom stereocenters. The van der Waals surface area contributed by atoms with Crippen molar-refractivity contribution in [1.29, 1.82) is 0 Å². The zero-order valence-electron chi connectivity index (χ0n) is 10.4. The van der Waals surface area contributed by atoms with Gasteiger partial charge in [0.05, 0.1) is 18.4 Å². The summed E-state index contributed by atoms with van der Waals surface area (Å²) in [5.41, 5.74) is 0. The summed E-state index contributed by atoms with van der Waals surface area (Å²) < 4.78 is 4.84. The van der Waals surface area contributed by atoms with Crippen LogP contribution in [0, 0.1) is 17.8 Å². The molecule has 0 aromatic carbocycles. The van der Waals surface area contributed by atoms with Crippen molar-refractivity contribution in [3.8, 4) is 0 Å². The van der Waals surface area contributed by atoms with Gasteiger partial charge in [-0.25, -0.2) is 0 Å². The van der Waals surface area contributed by atoms with Gasteiger partial charge in [-0.15, -0.1) is 0 Å². The summed E-state index contributed by atoms with van der Waals surface area (Å²) in [5, 5.41) is 11.8. The quantitative estimate of drug-likeness (QED) is 0.679. The Hall–Kier alpha value is -1.10. The fourth-order valence-corrected chi connectivity index (χ4v) is 2.45. The predicted octanol–water partition coefficient (Wildman–Crippen LogP) is 0.886. The van der Waals surface area contributed by atoms with Crippen molar-refractivity contribution in [2.75, 3.05) is 20.3 Å². The topological polar surface area (TPSA) is 75.6 Å². The number of nitrogens with one attached hydrogen (secondary N) is 1. The van der Waals surface area contributed by atoms with E-state index in [2.05, 4.69) is 5.32 Å². The largest absolute Gasteiger partial charge is 0.481 e. The van der Waals surface area contributed by atoms with Gasteiger partial charge in [-0.05, 0) is 18.8 Å². The van der Waals surface area contributed by atoms with Gasteiger partial charge in [0.1, 0.15) is 0 Å². The lowest BCUT2D eigenvalue weighted by Crippen LogP contribution is -2.36. The number of carbonyl (C=O) groups is 2. The molecular weight excluding hydrogens is 222 g/mol. The third-order valence-corrected chi connectivity index (χ3v) is 3.50. The van der Waals surface area contributed by atoms with Gasteiger partial charge in [0, 0.05) is 13.7 Å². The van der Waals surface area contributed by atoms with Crippen LogP contribution in [0.2, 0.25) is 0 Å². The number of carboxylic acid groups (broad SMARTS) is 1. The fourth-order valence-electron chi connectivity index (χ4n) is 2.45. The molecule has 3 atom stereocenters. The zero-order chi connectivity index (χ0) is 12.8. The van der Waals surface area contributed by atoms with Gasteiger partial charge in [0.2, 0.25) is 5.91 Å². The molecule has 0 heterocycles. The van der Waals surface area contributed by atoms with E-state index in [9.17, 15) is 9.59 Å². The van der Waals surface area contributed by atoms with Crippen LogP contribution in [-0.2, 0) is 14.3 Å². The highest BCUT2D eigenvalue weighted by molar-refractivity contribution is 5.85. The molecule has 1 aliphatic rings. The molecule has 1 aliphatic carbocycles. The number of ether oxygens (including phenoxy) is 1. The summed E-state index contributed by atoms with van der Waals surface area (Å²) in [6.45, 7) is 2.93. The maximum Gasteiger partial charge on any atom is 0.307 e. The molecule has 0 radical (unpaired) electrons. The molecular formula is C12H21NO4. The van der Waals surface area contributed by atoms with Crippen LogP contribution in [0.5, 0.6) is 0 Å². The van der Waals surface area contributed by atoms with Crippen molar-refractivity contribution >= 4 is 11.9 Å². The maximum absolute atomic E-state index is 11.9. The minimum atomic E-state index is -0.854. The van der Waals surface area contributed by atoms with Crippen molar-refractivity contribution in [2.24, 2.45) is 17.8 Å². The fraction of sp³-hybridized carbons (Fsp3) is 0.833. The monoisotopic (exact) mass is 243 g/mol. The molecule has 1 fully saturated rings. The first-order valence-corrected chi connectivity index (χ1v) is 6.09. The number of methoxy groups -OCH3 is 1. The maximum atomic E-state index is 11.9. The molecule has 5 nitrogen and oxygen atoms in total. The van der Waals surface area contributed by atoms with Gasteiger partial charge in [-0.2, -0.15) is 0 Å². The summed E-state index contributed by atoms with van der Waals surface area (Å²) >= 11 is 0. The highest BCUT2D eigenvalue weighted by Crippen LogP contribution is 2.38. The first kappa shape index (κ1) is 14.0. The lowest BCUT2D eigenvalue weighted by Gasteiger charge is -2.15. The third-order valence-electron chi connectivity index (χ3n) is 3.50. The van der Waals surface area contributed by atoms with Crippen LogP contribution >= 0.6 is 0 Å². The number of rotatable bonds is 6. The molecule has 0 spiro atoms. The second-order valence-corrected chi connectivity index (χ2v) is 4.58. The first-order chi connectivity index (χ1) is 8.10. The van der Waals surface area contributed by atoms with E-state index >= 15 is 0 Å². The average Bonchev–Trinajstić information content (AvgIpc) is 2.73. The van der Waals surface area contributed by atoms with Crippen molar-refractivity contribution in [1.82, 2.24) is 5.32 Å². The SMILES string of the molecule is CCC1C[C@H](C(=O)NCCOC)[C@H](C(=O)O)C1. The van der Waals surface area contributed by atoms with E-state index in [0.717, 1.165) is 6.42 Å². The number of amides is 1. The second-order valence-electron chi connectivity index (χ2n) is 4.58. The van der Waals surface area contributed by atoms with Crippen LogP contribution in [0.4, 0.5) is 0 Å². The second kappa shape index (κ2) is 6.59. The lowest BCUT2D eigenvalue weighted by molar-refractivity contribution is -0.146. The Morgan fingerprint density at radius 3 is 2.53 bits per heavy atom. The molecule has 2 N–H and O–H groups in total. The smallest absolute Gasteiger partial charge is 0.307 e. The highest BCUT2D eigenvalue weighted by Gasteiger charge is 2.41. The number of hydrogen-bond donors (Lipinski definition) is 2. The standard InChI is InChI=1S/C12H21NO4/c1-3-8-6-9(10(7-8)12(15)16)11(14)13-4-5-17-2/h8-10H,3-7H2,1-2H3,(H,13,14)(H,15,16)/t8?,9-,10+/m0/s1. The van der Waals surface area contributed by atoms with Crippen LogP contribution in [0.3, 0.4) is 0 Å². The minimum Gasteiger partial charge on any atom is -0.481 e. The van der Waals surface area contributed by atoms with E-state index < -0.39 is 11.9 Å². The molecule has 0 aromatic heterocycles. The van der Waals surface area contributed by atoms with Crippen LogP contribution in [0.25, 0.3) is 0 Å². The van der Waals surface area contributed by atoms with E-state index in [1.54, 1.807) is 7.11 Å². The van der Waals surface area contributed by atoms with Gasteiger partial charge in [-0.3, -0.25) is 9.59 Å². The molecule has 0 bridgehead atoms. The number of aliphatic carboxylic acids is 1. The van der Waals surface area contributed by atoms with Gasteiger partial charge >= 0.3 is 5.97 Å². The molecule has 1 saturated carbocycles. The molecule has 98 valence electrons. The molecule has 0 saturated heterocycles. The van der Waals surface area contributed by atoms with Crippen molar-refractivity contribution in [3.05, 3.63) is 0 Å². The van der Waals surface area contributed by atoms with Crippen LogP contribution in [0.1, 0.15) is 26.2 Å². The van der Waals surface area contributed by atoms with Gasteiger partial charge < -0.3 is 15.2 Å². The Balaban J connectivity index is 2.54. The molecule has 0 aromatic rings. The summed E-state index contributed by atoms with van der Waals surface area (Å²) in [4.78, 5) is 23.0.